The molecule has 4 aliphatic carbocycles. The second-order valence-electron chi connectivity index (χ2n) is 16.2. The summed E-state index contributed by atoms with van der Waals surface area (Å²) in [5.74, 6) is -2.81. The number of likely N-dealkylation sites (tertiary alicyclic amines) is 1. The highest BCUT2D eigenvalue weighted by Crippen LogP contribution is 2.65. The maximum atomic E-state index is 14.3. The van der Waals surface area contributed by atoms with E-state index in [1.165, 1.54) is 0 Å². The standard InChI is InChI=1S/C34H52N4O7/c1-32(2,3)27(36-31(44)37-34(13-7-6-8-14-34)30(43)45-18-20-11-12-20)29(42)38-17-22-24(33(22,4)5)25(38)23(39)16-21(15-19-9-10-19)26(40)28(35)41/h19-22,24-25,27H,6-18H2,1-5H3,(H2,35,41)(H2,36,37,44)/t21?,22-,24-,25+,27+/m0/s1. The van der Waals surface area contributed by atoms with E-state index >= 15 is 0 Å². The number of ether oxygens (including phenoxy) is 1. The van der Waals surface area contributed by atoms with Crippen molar-refractivity contribution in [3.63, 3.8) is 0 Å². The summed E-state index contributed by atoms with van der Waals surface area (Å²) in [6.45, 7) is 10.5. The monoisotopic (exact) mass is 628 g/mol. The molecule has 4 saturated carbocycles. The molecule has 5 rings (SSSR count). The Labute approximate surface area is 266 Å². The Kier molecular flexibility index (Phi) is 9.14. The SMILES string of the molecule is CC(C)(C)[C@H](NC(=O)NC1(C(=O)OCC2CC2)CCCCC1)C(=O)N1C[C@H]2[C@@H]([C@H]1C(=O)CC(CC1CC1)C(=O)C(N)=O)C2(C)C. The number of amides is 4. The van der Waals surface area contributed by atoms with E-state index in [0.29, 0.717) is 44.2 Å². The van der Waals surface area contributed by atoms with Crippen LogP contribution in [0.5, 0.6) is 0 Å². The van der Waals surface area contributed by atoms with Crippen molar-refractivity contribution in [2.75, 3.05) is 13.2 Å². The molecule has 0 bridgehead atoms. The lowest BCUT2D eigenvalue weighted by Crippen LogP contribution is -2.64. The zero-order chi connectivity index (χ0) is 32.9. The van der Waals surface area contributed by atoms with Gasteiger partial charge in [-0.3, -0.25) is 19.2 Å². The van der Waals surface area contributed by atoms with Crippen LogP contribution in [0.3, 0.4) is 0 Å². The van der Waals surface area contributed by atoms with Crippen LogP contribution in [-0.2, 0) is 28.7 Å². The lowest BCUT2D eigenvalue weighted by molar-refractivity contribution is -0.153. The molecule has 11 nitrogen and oxygen atoms in total. The van der Waals surface area contributed by atoms with Crippen LogP contribution in [-0.4, -0.2) is 71.1 Å². The second kappa shape index (κ2) is 12.3. The number of carbonyl (C=O) groups excluding carboxylic acids is 6. The van der Waals surface area contributed by atoms with Gasteiger partial charge in [0.1, 0.15) is 11.6 Å². The zero-order valence-electron chi connectivity index (χ0n) is 27.6. The van der Waals surface area contributed by atoms with E-state index < -0.39 is 52.6 Å². The minimum absolute atomic E-state index is 0.0691. The van der Waals surface area contributed by atoms with Gasteiger partial charge in [-0.05, 0) is 66.6 Å². The maximum Gasteiger partial charge on any atom is 0.331 e. The first-order valence-electron chi connectivity index (χ1n) is 17.0. The third kappa shape index (κ3) is 7.22. The number of hydrogen-bond donors (Lipinski definition) is 3. The molecule has 5 fully saturated rings. The fraction of sp³-hybridized carbons (Fsp3) is 0.824. The smallest absolute Gasteiger partial charge is 0.331 e. The van der Waals surface area contributed by atoms with Gasteiger partial charge in [0.05, 0.1) is 12.6 Å². The molecule has 1 aliphatic heterocycles. The normalized spacial score (nSPS) is 27.8. The minimum atomic E-state index is -1.13. The third-order valence-corrected chi connectivity index (χ3v) is 11.2. The summed E-state index contributed by atoms with van der Waals surface area (Å²) < 4.78 is 5.63. The van der Waals surface area contributed by atoms with Crippen molar-refractivity contribution >= 4 is 35.4 Å². The highest BCUT2D eigenvalue weighted by atomic mass is 16.5. The molecular weight excluding hydrogens is 576 g/mol. The maximum absolute atomic E-state index is 14.3. The molecular formula is C34H52N4O7. The number of nitrogens with one attached hydrogen (secondary N) is 2. The number of ketones is 2. The molecule has 250 valence electrons. The third-order valence-electron chi connectivity index (χ3n) is 11.2. The summed E-state index contributed by atoms with van der Waals surface area (Å²) in [5.41, 5.74) is 3.34. The van der Waals surface area contributed by atoms with Gasteiger partial charge in [0.2, 0.25) is 11.7 Å². The summed E-state index contributed by atoms with van der Waals surface area (Å²) in [4.78, 5) is 81.2. The van der Waals surface area contributed by atoms with E-state index in [2.05, 4.69) is 24.5 Å². The summed E-state index contributed by atoms with van der Waals surface area (Å²) in [6.07, 6.45) is 7.83. The molecule has 1 saturated heterocycles. The van der Waals surface area contributed by atoms with E-state index in [9.17, 15) is 28.8 Å². The van der Waals surface area contributed by atoms with Gasteiger partial charge in [0, 0.05) is 18.9 Å². The van der Waals surface area contributed by atoms with Gasteiger partial charge in [-0.25, -0.2) is 9.59 Å². The van der Waals surface area contributed by atoms with Crippen LogP contribution < -0.4 is 16.4 Å². The first-order valence-corrected chi connectivity index (χ1v) is 17.0. The summed E-state index contributed by atoms with van der Waals surface area (Å²) >= 11 is 0. The van der Waals surface area contributed by atoms with E-state index in [1.54, 1.807) is 4.90 Å². The van der Waals surface area contributed by atoms with Crippen molar-refractivity contribution in [2.45, 2.75) is 123 Å². The highest BCUT2D eigenvalue weighted by Gasteiger charge is 2.69. The Bertz CT molecular complexity index is 1230. The zero-order valence-corrected chi connectivity index (χ0v) is 27.6. The Morgan fingerprint density at radius 3 is 2.13 bits per heavy atom. The van der Waals surface area contributed by atoms with Crippen molar-refractivity contribution in [2.24, 2.45) is 46.2 Å². The van der Waals surface area contributed by atoms with Gasteiger partial charge in [-0.15, -0.1) is 0 Å². The molecule has 11 heteroatoms. The quantitative estimate of drug-likeness (QED) is 0.208. The molecule has 4 N–H and O–H groups in total. The molecule has 5 aliphatic rings. The Morgan fingerprint density at radius 2 is 1.58 bits per heavy atom. The van der Waals surface area contributed by atoms with Gasteiger partial charge in [-0.1, -0.05) is 66.7 Å². The summed E-state index contributed by atoms with van der Waals surface area (Å²) in [5, 5.41) is 5.80. The van der Waals surface area contributed by atoms with Crippen LogP contribution in [0.15, 0.2) is 0 Å². The largest absolute Gasteiger partial charge is 0.464 e. The first kappa shape index (κ1) is 33.4. The fourth-order valence-electron chi connectivity index (χ4n) is 7.84. The number of fused-ring (bicyclic) bond motifs is 1. The summed E-state index contributed by atoms with van der Waals surface area (Å²) in [7, 11) is 0. The Hall–Kier alpha value is -2.98. The average molecular weight is 629 g/mol. The Morgan fingerprint density at radius 1 is 0.956 bits per heavy atom. The number of esters is 1. The number of Topliss-reactive ketones (excluding diaryl/α,β-unsaturated/α-hetero) is 2. The molecule has 1 heterocycles. The minimum Gasteiger partial charge on any atom is -0.464 e. The topological polar surface area (TPSA) is 165 Å². The van der Waals surface area contributed by atoms with Crippen molar-refractivity contribution in [1.82, 2.24) is 15.5 Å². The van der Waals surface area contributed by atoms with E-state index in [0.717, 1.165) is 44.9 Å². The number of hydrogen-bond acceptors (Lipinski definition) is 7. The van der Waals surface area contributed by atoms with Crippen LogP contribution >= 0.6 is 0 Å². The average Bonchev–Trinajstić information content (AvgIpc) is 3.92. The van der Waals surface area contributed by atoms with Crippen LogP contribution in [0.1, 0.15) is 105 Å². The van der Waals surface area contributed by atoms with Crippen molar-refractivity contribution < 1.29 is 33.5 Å². The van der Waals surface area contributed by atoms with Crippen LogP contribution in [0.4, 0.5) is 4.79 Å². The number of nitrogens with two attached hydrogens (primary N) is 1. The van der Waals surface area contributed by atoms with Crippen molar-refractivity contribution in [3.05, 3.63) is 0 Å². The highest BCUT2D eigenvalue weighted by molar-refractivity contribution is 6.36. The van der Waals surface area contributed by atoms with Crippen LogP contribution in [0.2, 0.25) is 0 Å². The molecule has 1 unspecified atom stereocenters. The molecule has 0 spiro atoms. The molecule has 5 atom stereocenters. The van der Waals surface area contributed by atoms with E-state index in [1.807, 2.05) is 20.8 Å². The number of primary amides is 1. The second-order valence-corrected chi connectivity index (χ2v) is 16.2. The van der Waals surface area contributed by atoms with Crippen molar-refractivity contribution in [3.8, 4) is 0 Å². The molecule has 0 aromatic carbocycles. The number of piperidine rings is 1. The number of nitrogens with zero attached hydrogens (tertiary/aromatic N) is 1. The molecule has 0 radical (unpaired) electrons. The number of carbonyl (C=O) groups is 6. The first-order chi connectivity index (χ1) is 21.0. The van der Waals surface area contributed by atoms with E-state index in [-0.39, 0.29) is 35.4 Å². The lowest BCUT2D eigenvalue weighted by Gasteiger charge is -2.39. The van der Waals surface area contributed by atoms with E-state index in [4.69, 9.17) is 10.5 Å². The molecule has 0 aromatic rings. The lowest BCUT2D eigenvalue weighted by atomic mass is 9.81. The van der Waals surface area contributed by atoms with Gasteiger partial charge >= 0.3 is 12.0 Å². The predicted molar refractivity (Wildman–Crippen MR) is 165 cm³/mol. The molecule has 4 amide bonds. The van der Waals surface area contributed by atoms with Crippen molar-refractivity contribution in [1.29, 1.82) is 0 Å². The van der Waals surface area contributed by atoms with Crippen LogP contribution in [0, 0.1) is 40.4 Å². The number of urea groups is 1. The van der Waals surface area contributed by atoms with Gasteiger partial charge in [0.15, 0.2) is 5.78 Å². The Balaban J connectivity index is 1.32. The number of rotatable bonds is 13. The predicted octanol–water partition coefficient (Wildman–Crippen LogP) is 3.27. The molecule has 0 aromatic heterocycles. The van der Waals surface area contributed by atoms with Gasteiger partial charge in [0.25, 0.3) is 5.91 Å². The summed E-state index contributed by atoms with van der Waals surface area (Å²) in [6, 6.07) is -2.35. The van der Waals surface area contributed by atoms with Crippen LogP contribution in [0.25, 0.3) is 0 Å². The fourth-order valence-corrected chi connectivity index (χ4v) is 7.84. The van der Waals surface area contributed by atoms with Gasteiger partial charge < -0.3 is 26.0 Å². The van der Waals surface area contributed by atoms with Gasteiger partial charge in [-0.2, -0.15) is 0 Å². The molecule has 45 heavy (non-hydrogen) atoms.